The van der Waals surface area contributed by atoms with Gasteiger partial charge in [0.05, 0.1) is 18.6 Å². The summed E-state index contributed by atoms with van der Waals surface area (Å²) in [5, 5.41) is 15.5. The maximum atomic E-state index is 12.5. The predicted molar refractivity (Wildman–Crippen MR) is 120 cm³/mol. The molecule has 0 heterocycles. The number of nitrogens with zero attached hydrogens (tertiary/aromatic N) is 1. The molecule has 0 unspecified atom stereocenters. The lowest BCUT2D eigenvalue weighted by Crippen LogP contribution is -2.45. The van der Waals surface area contributed by atoms with Gasteiger partial charge in [-0.3, -0.25) is 4.99 Å². The highest BCUT2D eigenvalue weighted by atomic mass is 35.5. The van der Waals surface area contributed by atoms with Crippen molar-refractivity contribution in [1.82, 2.24) is 10.0 Å². The summed E-state index contributed by atoms with van der Waals surface area (Å²) < 4.78 is 32.2. The number of methoxy groups -OCH3 is 1. The van der Waals surface area contributed by atoms with Crippen LogP contribution in [0.5, 0.6) is 5.75 Å². The second kappa shape index (κ2) is 10.7. The summed E-state index contributed by atoms with van der Waals surface area (Å²) in [7, 11) is -2.56. The van der Waals surface area contributed by atoms with E-state index in [-0.39, 0.29) is 23.0 Å². The van der Waals surface area contributed by atoms with E-state index in [1.54, 1.807) is 24.3 Å². The molecule has 32 heavy (non-hydrogen) atoms. The maximum Gasteiger partial charge on any atom is 0.328 e. The van der Waals surface area contributed by atoms with Crippen molar-refractivity contribution in [3.8, 4) is 5.75 Å². The molecule has 0 aliphatic heterocycles. The zero-order chi connectivity index (χ0) is 23.1. The first-order valence-corrected chi connectivity index (χ1v) is 12.1. The fourth-order valence-corrected chi connectivity index (χ4v) is 4.60. The molecule has 0 bridgehead atoms. The fraction of sp³-hybridized carbons (Fsp3) is 0.364. The van der Waals surface area contributed by atoms with Gasteiger partial charge in [0.15, 0.2) is 0 Å². The number of nitrogens with one attached hydrogen (secondary N) is 2. The van der Waals surface area contributed by atoms with Gasteiger partial charge >= 0.3 is 6.03 Å². The van der Waals surface area contributed by atoms with E-state index in [1.165, 1.54) is 25.3 Å². The van der Waals surface area contributed by atoms with Crippen LogP contribution in [0.4, 0.5) is 4.79 Å². The number of hydrogen-bond donors (Lipinski definition) is 2. The number of carbonyl (C=O) groups excluding carboxylic acids is 1. The molecule has 1 saturated carbocycles. The van der Waals surface area contributed by atoms with Gasteiger partial charge < -0.3 is 15.2 Å². The summed E-state index contributed by atoms with van der Waals surface area (Å²) in [6.07, 6.45) is 4.89. The van der Waals surface area contributed by atoms with Crippen LogP contribution in [0.2, 0.25) is 5.02 Å². The summed E-state index contributed by atoms with van der Waals surface area (Å²) in [6, 6.07) is 9.76. The predicted octanol–water partition coefficient (Wildman–Crippen LogP) is 2.98. The van der Waals surface area contributed by atoms with Crippen molar-refractivity contribution in [3.05, 3.63) is 58.6 Å². The highest BCUT2D eigenvalue weighted by Crippen LogP contribution is 2.22. The lowest BCUT2D eigenvalue weighted by Gasteiger charge is -2.22. The number of ether oxygens (including phenoxy) is 1. The molecule has 0 radical (unpaired) electrons. The topological polar surface area (TPSA) is 120 Å². The Labute approximate surface area is 192 Å². The minimum absolute atomic E-state index is 0.00130. The Bertz CT molecular complexity index is 1080. The van der Waals surface area contributed by atoms with Crippen LogP contribution in [0, 0.1) is 0 Å². The Hall–Kier alpha value is -2.78. The number of carbonyl (C=O) groups is 1. The average Bonchev–Trinajstić information content (AvgIpc) is 2.78. The number of rotatable bonds is 7. The molecule has 2 amide bonds. The Balaban J connectivity index is 1.63. The zero-order valence-electron chi connectivity index (χ0n) is 17.6. The molecule has 172 valence electrons. The van der Waals surface area contributed by atoms with E-state index < -0.39 is 22.0 Å². The number of amides is 2. The maximum absolute atomic E-state index is 12.5. The third-order valence-corrected chi connectivity index (χ3v) is 6.78. The van der Waals surface area contributed by atoms with E-state index in [0.29, 0.717) is 16.3 Å². The van der Waals surface area contributed by atoms with Crippen LogP contribution < -0.4 is 19.9 Å². The standard InChI is InChI=1S/C22H26ClN3O5S/c1-31-20-12-9-16(23)13-19(20)21(27)24-14-15-7-10-18(11-8-15)32(29,30)26-22(28)25-17-5-3-2-4-6-17/h7-13,17H,2-6,14H2,1H3,(H,24,27)(H2,25,26,28)/p-1. The first-order valence-electron chi connectivity index (χ1n) is 10.3. The first kappa shape index (κ1) is 23.9. The van der Waals surface area contributed by atoms with Gasteiger partial charge in [0.1, 0.15) is 5.75 Å². The van der Waals surface area contributed by atoms with Crippen molar-refractivity contribution < 1.29 is 23.1 Å². The van der Waals surface area contributed by atoms with Gasteiger partial charge in [0.25, 0.3) is 10.0 Å². The Kier molecular flexibility index (Phi) is 7.98. The molecular weight excluding hydrogens is 454 g/mol. The summed E-state index contributed by atoms with van der Waals surface area (Å²) in [5.41, 5.74) is 0.873. The zero-order valence-corrected chi connectivity index (χ0v) is 19.2. The number of aliphatic imine (C=N–C) groups is 1. The Morgan fingerprint density at radius 3 is 2.50 bits per heavy atom. The minimum Gasteiger partial charge on any atom is -0.858 e. The number of hydrogen-bond acceptors (Lipinski definition) is 6. The van der Waals surface area contributed by atoms with Gasteiger partial charge in [-0.15, -0.1) is 0 Å². The lowest BCUT2D eigenvalue weighted by atomic mass is 9.96. The van der Waals surface area contributed by atoms with E-state index in [4.69, 9.17) is 16.3 Å². The number of benzene rings is 2. The van der Waals surface area contributed by atoms with Gasteiger partial charge in [0.2, 0.25) is 0 Å². The van der Waals surface area contributed by atoms with Crippen LogP contribution in [0.15, 0.2) is 52.4 Å². The molecule has 8 nitrogen and oxygen atoms in total. The van der Waals surface area contributed by atoms with Crippen molar-refractivity contribution in [2.75, 3.05) is 7.11 Å². The van der Waals surface area contributed by atoms with Crippen LogP contribution in [-0.4, -0.2) is 33.5 Å². The third-order valence-electron chi connectivity index (χ3n) is 5.20. The first-order chi connectivity index (χ1) is 15.3. The van der Waals surface area contributed by atoms with Crippen LogP contribution in [-0.2, 0) is 16.6 Å². The van der Waals surface area contributed by atoms with Gasteiger partial charge in [-0.2, -0.15) is 0 Å². The van der Waals surface area contributed by atoms with Crippen LogP contribution >= 0.6 is 11.6 Å². The van der Waals surface area contributed by atoms with E-state index in [2.05, 4.69) is 10.3 Å². The fourth-order valence-electron chi connectivity index (χ4n) is 3.51. The molecule has 1 fully saturated rings. The van der Waals surface area contributed by atoms with Crippen molar-refractivity contribution in [2.45, 2.75) is 49.6 Å². The highest BCUT2D eigenvalue weighted by molar-refractivity contribution is 7.90. The smallest absolute Gasteiger partial charge is 0.328 e. The molecule has 0 saturated heterocycles. The Morgan fingerprint density at radius 1 is 1.16 bits per heavy atom. The summed E-state index contributed by atoms with van der Waals surface area (Å²) in [4.78, 5) is 16.0. The third kappa shape index (κ3) is 6.37. The molecule has 1 aliphatic carbocycles. The average molecular weight is 479 g/mol. The van der Waals surface area contributed by atoms with Crippen molar-refractivity contribution in [2.24, 2.45) is 4.99 Å². The van der Waals surface area contributed by atoms with Crippen molar-refractivity contribution in [1.29, 1.82) is 0 Å². The minimum atomic E-state index is -4.01. The quantitative estimate of drug-likeness (QED) is 0.468. The van der Waals surface area contributed by atoms with Crippen LogP contribution in [0.3, 0.4) is 0 Å². The van der Waals surface area contributed by atoms with Crippen molar-refractivity contribution >= 4 is 33.6 Å². The second-order valence-electron chi connectivity index (χ2n) is 7.52. The molecule has 10 heteroatoms. The summed E-state index contributed by atoms with van der Waals surface area (Å²) >= 11 is 5.94. The highest BCUT2D eigenvalue weighted by Gasteiger charge is 2.21. The molecule has 3 rings (SSSR count). The van der Waals surface area contributed by atoms with E-state index in [0.717, 1.165) is 32.1 Å². The second-order valence-corrected chi connectivity index (χ2v) is 9.64. The summed E-state index contributed by atoms with van der Waals surface area (Å²) in [6.45, 7) is 0.0461. The number of halogens is 1. The monoisotopic (exact) mass is 478 g/mol. The molecular formula is C22H25ClN3O5S-. The van der Waals surface area contributed by atoms with Gasteiger partial charge in [-0.1, -0.05) is 43.0 Å². The van der Waals surface area contributed by atoms with Crippen LogP contribution in [0.25, 0.3) is 0 Å². The lowest BCUT2D eigenvalue weighted by molar-refractivity contribution is -0.213. The van der Waals surface area contributed by atoms with Gasteiger partial charge in [0, 0.05) is 16.6 Å². The van der Waals surface area contributed by atoms with Crippen molar-refractivity contribution in [3.63, 3.8) is 0 Å². The van der Waals surface area contributed by atoms with E-state index >= 15 is 0 Å². The van der Waals surface area contributed by atoms with Gasteiger partial charge in [-0.25, -0.2) is 17.9 Å². The SMILES string of the molecule is COc1ccc(Cl)cc1C([O-])=NCc1ccc(S(=O)(=O)NC(=O)NC2CCCCC2)cc1. The number of sulfonamides is 1. The molecule has 0 spiro atoms. The van der Waals surface area contributed by atoms with E-state index in [1.807, 2.05) is 4.72 Å². The summed E-state index contributed by atoms with van der Waals surface area (Å²) in [5.74, 6) is -0.135. The molecule has 1 aliphatic rings. The molecule has 2 aromatic rings. The largest absolute Gasteiger partial charge is 0.858 e. The molecule has 2 aromatic carbocycles. The number of urea groups is 1. The molecule has 0 aromatic heterocycles. The molecule has 2 N–H and O–H groups in total. The van der Waals surface area contributed by atoms with E-state index in [9.17, 15) is 18.3 Å². The molecule has 0 atom stereocenters. The van der Waals surface area contributed by atoms with Gasteiger partial charge in [-0.05, 0) is 54.6 Å². The normalized spacial score (nSPS) is 15.2. The van der Waals surface area contributed by atoms with Crippen LogP contribution in [0.1, 0.15) is 43.2 Å². The Morgan fingerprint density at radius 2 is 1.84 bits per heavy atom.